The number of aromatic nitrogens is 3. The molecule has 0 saturated heterocycles. The molecule has 3 rings (SSSR count). The van der Waals surface area contributed by atoms with Crippen molar-refractivity contribution in [3.8, 4) is 5.75 Å². The lowest BCUT2D eigenvalue weighted by molar-refractivity contribution is 0.0966. The molecule has 0 aliphatic carbocycles. The predicted molar refractivity (Wildman–Crippen MR) is 108 cm³/mol. The first-order chi connectivity index (χ1) is 12.9. The second kappa shape index (κ2) is 7.63. The van der Waals surface area contributed by atoms with Gasteiger partial charge in [-0.1, -0.05) is 17.7 Å². The number of nitrogens with zero attached hydrogens (tertiary/aromatic N) is 3. The Labute approximate surface area is 162 Å². The predicted octanol–water partition coefficient (Wildman–Crippen LogP) is 3.38. The Morgan fingerprint density at radius 2 is 1.93 bits per heavy atom. The van der Waals surface area contributed by atoms with Gasteiger partial charge >= 0.3 is 0 Å². The number of benzene rings is 2. The molecular weight excluding hydrogens is 362 g/mol. The van der Waals surface area contributed by atoms with Crippen LogP contribution >= 0.6 is 12.2 Å². The van der Waals surface area contributed by atoms with E-state index in [1.807, 2.05) is 56.3 Å². The van der Waals surface area contributed by atoms with Gasteiger partial charge in [-0.15, -0.1) is 5.10 Å². The molecule has 0 aliphatic heterocycles. The fourth-order valence-corrected chi connectivity index (χ4v) is 2.93. The van der Waals surface area contributed by atoms with Crippen molar-refractivity contribution in [3.05, 3.63) is 63.9 Å². The monoisotopic (exact) mass is 383 g/mol. The van der Waals surface area contributed by atoms with Crippen molar-refractivity contribution < 1.29 is 9.53 Å². The van der Waals surface area contributed by atoms with Gasteiger partial charge in [0.1, 0.15) is 12.3 Å². The summed E-state index contributed by atoms with van der Waals surface area (Å²) in [6.07, 6.45) is 0. The maximum atomic E-state index is 12.7. The highest BCUT2D eigenvalue weighted by Crippen LogP contribution is 2.17. The molecule has 1 heterocycles. The SMILES string of the molecule is COc1ccc(Nn2c(N)nn(CC(=O)c3cc(C)ccc3C)c2=S)cc1. The fraction of sp³-hybridized carbons (Fsp3) is 0.211. The zero-order valence-corrected chi connectivity index (χ0v) is 16.2. The van der Waals surface area contributed by atoms with Gasteiger partial charge in [-0.2, -0.15) is 4.68 Å². The van der Waals surface area contributed by atoms with E-state index in [4.69, 9.17) is 22.7 Å². The highest BCUT2D eigenvalue weighted by Gasteiger charge is 2.15. The summed E-state index contributed by atoms with van der Waals surface area (Å²) in [5, 5.41) is 4.20. The van der Waals surface area contributed by atoms with E-state index in [1.54, 1.807) is 7.11 Å². The van der Waals surface area contributed by atoms with E-state index in [-0.39, 0.29) is 18.3 Å². The summed E-state index contributed by atoms with van der Waals surface area (Å²) in [5.41, 5.74) is 12.4. The van der Waals surface area contributed by atoms with E-state index < -0.39 is 0 Å². The topological polar surface area (TPSA) is 87.1 Å². The zero-order chi connectivity index (χ0) is 19.6. The van der Waals surface area contributed by atoms with E-state index in [2.05, 4.69) is 10.5 Å². The summed E-state index contributed by atoms with van der Waals surface area (Å²) < 4.78 is 8.34. The lowest BCUT2D eigenvalue weighted by Gasteiger charge is -2.09. The molecule has 0 amide bonds. The number of methoxy groups -OCH3 is 1. The molecule has 7 nitrogen and oxygen atoms in total. The first-order valence-electron chi connectivity index (χ1n) is 8.36. The maximum absolute atomic E-state index is 12.7. The van der Waals surface area contributed by atoms with E-state index in [1.165, 1.54) is 9.36 Å². The van der Waals surface area contributed by atoms with Crippen molar-refractivity contribution in [2.75, 3.05) is 18.3 Å². The van der Waals surface area contributed by atoms with Crippen molar-refractivity contribution in [2.24, 2.45) is 0 Å². The standard InChI is InChI=1S/C19H21N5O2S/c1-12-4-5-13(2)16(10-12)17(25)11-23-19(27)24(18(20)22-23)21-14-6-8-15(26-3)9-7-14/h4-10,21H,11H2,1-3H3,(H2,20,22). The Morgan fingerprint density at radius 1 is 1.22 bits per heavy atom. The van der Waals surface area contributed by atoms with Crippen LogP contribution in [0.2, 0.25) is 0 Å². The first kappa shape index (κ1) is 18.7. The number of rotatable bonds is 6. The average molecular weight is 383 g/mol. The van der Waals surface area contributed by atoms with Gasteiger partial charge < -0.3 is 10.5 Å². The molecule has 140 valence electrons. The maximum Gasteiger partial charge on any atom is 0.240 e. The van der Waals surface area contributed by atoms with Crippen LogP contribution in [0, 0.1) is 18.6 Å². The molecule has 0 unspecified atom stereocenters. The third-order valence-corrected chi connectivity index (χ3v) is 4.58. The van der Waals surface area contributed by atoms with Gasteiger partial charge in [0.2, 0.25) is 10.7 Å². The Bertz CT molecular complexity index is 1040. The number of carbonyl (C=O) groups is 1. The van der Waals surface area contributed by atoms with Crippen LogP contribution in [-0.4, -0.2) is 27.3 Å². The van der Waals surface area contributed by atoms with Gasteiger partial charge in [0, 0.05) is 5.56 Å². The van der Waals surface area contributed by atoms with Crippen LogP contribution < -0.4 is 15.9 Å². The summed E-state index contributed by atoms with van der Waals surface area (Å²) >= 11 is 5.43. The van der Waals surface area contributed by atoms with Crippen molar-refractivity contribution >= 4 is 29.6 Å². The quantitative estimate of drug-likeness (QED) is 0.501. The molecule has 0 saturated carbocycles. The van der Waals surface area contributed by atoms with Gasteiger partial charge in [0.15, 0.2) is 5.78 Å². The van der Waals surface area contributed by atoms with E-state index in [9.17, 15) is 4.79 Å². The molecule has 3 N–H and O–H groups in total. The minimum atomic E-state index is -0.0682. The third-order valence-electron chi connectivity index (χ3n) is 4.18. The summed E-state index contributed by atoms with van der Waals surface area (Å²) in [5.74, 6) is 0.845. The molecule has 0 fully saturated rings. The molecule has 0 bridgehead atoms. The molecule has 0 aliphatic rings. The van der Waals surface area contributed by atoms with Crippen LogP contribution in [0.3, 0.4) is 0 Å². The molecule has 8 heteroatoms. The minimum Gasteiger partial charge on any atom is -0.497 e. The van der Waals surface area contributed by atoms with Crippen LogP contribution in [0.5, 0.6) is 5.75 Å². The van der Waals surface area contributed by atoms with Crippen molar-refractivity contribution in [1.82, 2.24) is 14.5 Å². The van der Waals surface area contributed by atoms with Crippen LogP contribution in [-0.2, 0) is 6.54 Å². The van der Waals surface area contributed by atoms with Gasteiger partial charge in [-0.25, -0.2) is 4.68 Å². The van der Waals surface area contributed by atoms with E-state index in [0.29, 0.717) is 10.3 Å². The summed E-state index contributed by atoms with van der Waals surface area (Å²) in [6.45, 7) is 3.88. The van der Waals surface area contributed by atoms with Crippen molar-refractivity contribution in [2.45, 2.75) is 20.4 Å². The Hall–Kier alpha value is -3.13. The Kier molecular flexibility index (Phi) is 5.27. The normalized spacial score (nSPS) is 10.6. The average Bonchev–Trinajstić information content (AvgIpc) is 2.91. The number of ketones is 1. The number of Topliss-reactive ketones (excluding diaryl/α,β-unsaturated/α-hetero) is 1. The smallest absolute Gasteiger partial charge is 0.240 e. The lowest BCUT2D eigenvalue weighted by atomic mass is 10.0. The van der Waals surface area contributed by atoms with Crippen LogP contribution in [0.1, 0.15) is 21.5 Å². The van der Waals surface area contributed by atoms with Crippen LogP contribution in [0.4, 0.5) is 11.6 Å². The number of carbonyl (C=O) groups excluding carboxylic acids is 1. The van der Waals surface area contributed by atoms with E-state index in [0.717, 1.165) is 22.6 Å². The number of aryl methyl sites for hydroxylation is 2. The minimum absolute atomic E-state index is 0.0185. The zero-order valence-electron chi connectivity index (χ0n) is 15.4. The largest absolute Gasteiger partial charge is 0.497 e. The number of nitrogens with two attached hydrogens (primary N) is 1. The number of nitrogen functional groups attached to an aromatic ring is 1. The number of hydrogen-bond donors (Lipinski definition) is 2. The number of anilines is 2. The lowest BCUT2D eigenvalue weighted by Crippen LogP contribution is -2.15. The second-order valence-corrected chi connectivity index (χ2v) is 6.58. The third kappa shape index (κ3) is 4.01. The fourth-order valence-electron chi connectivity index (χ4n) is 2.68. The summed E-state index contributed by atoms with van der Waals surface area (Å²) in [7, 11) is 1.60. The molecule has 0 spiro atoms. The molecule has 27 heavy (non-hydrogen) atoms. The molecule has 0 atom stereocenters. The van der Waals surface area contributed by atoms with E-state index >= 15 is 0 Å². The van der Waals surface area contributed by atoms with Crippen molar-refractivity contribution in [3.63, 3.8) is 0 Å². The number of nitrogens with one attached hydrogen (secondary N) is 1. The molecule has 3 aromatic rings. The molecule has 1 aromatic heterocycles. The van der Waals surface area contributed by atoms with Gasteiger partial charge in [-0.05, 0) is 62.0 Å². The summed E-state index contributed by atoms with van der Waals surface area (Å²) in [4.78, 5) is 12.7. The molecule has 0 radical (unpaired) electrons. The van der Waals surface area contributed by atoms with Gasteiger partial charge in [-0.3, -0.25) is 10.2 Å². The van der Waals surface area contributed by atoms with Gasteiger partial charge in [0.05, 0.1) is 12.8 Å². The highest BCUT2D eigenvalue weighted by atomic mass is 32.1. The summed E-state index contributed by atoms with van der Waals surface area (Å²) in [6, 6.07) is 13.1. The Morgan fingerprint density at radius 3 is 2.59 bits per heavy atom. The number of ether oxygens (including phenoxy) is 1. The van der Waals surface area contributed by atoms with Crippen LogP contribution in [0.25, 0.3) is 0 Å². The highest BCUT2D eigenvalue weighted by molar-refractivity contribution is 7.71. The first-order valence-corrected chi connectivity index (χ1v) is 8.76. The second-order valence-electron chi connectivity index (χ2n) is 6.22. The molecule has 2 aromatic carbocycles. The van der Waals surface area contributed by atoms with Crippen molar-refractivity contribution in [1.29, 1.82) is 0 Å². The van der Waals surface area contributed by atoms with Gasteiger partial charge in [0.25, 0.3) is 0 Å². The Balaban J connectivity index is 1.83. The van der Waals surface area contributed by atoms with Crippen LogP contribution in [0.15, 0.2) is 42.5 Å². The number of hydrogen-bond acceptors (Lipinski definition) is 6. The molecular formula is C19H21N5O2S.